The first-order chi connectivity index (χ1) is 6.60. The van der Waals surface area contributed by atoms with Crippen LogP contribution in [0.15, 0.2) is 0 Å². The summed E-state index contributed by atoms with van der Waals surface area (Å²) < 4.78 is 9.51. The van der Waals surface area contributed by atoms with Crippen molar-refractivity contribution in [1.29, 1.82) is 0 Å². The molecule has 1 amide bonds. The highest BCUT2D eigenvalue weighted by Gasteiger charge is 2.40. The molecule has 0 aromatic rings. The standard InChI is InChI=1S/C8H13NO5/c1-13-5-3-6(7(10)14-2)9(4-5)8(11)12/h5-6H,3-4H2,1-2H3,(H,11,12). The van der Waals surface area contributed by atoms with Crippen molar-refractivity contribution in [3.63, 3.8) is 0 Å². The molecule has 0 bridgehead atoms. The molecule has 0 saturated carbocycles. The van der Waals surface area contributed by atoms with E-state index in [2.05, 4.69) is 4.74 Å². The van der Waals surface area contributed by atoms with Gasteiger partial charge in [-0.05, 0) is 0 Å². The van der Waals surface area contributed by atoms with Gasteiger partial charge in [0.1, 0.15) is 6.04 Å². The molecule has 0 aliphatic carbocycles. The van der Waals surface area contributed by atoms with E-state index in [-0.39, 0.29) is 12.6 Å². The van der Waals surface area contributed by atoms with Gasteiger partial charge < -0.3 is 14.6 Å². The van der Waals surface area contributed by atoms with Gasteiger partial charge in [0.05, 0.1) is 19.8 Å². The number of esters is 1. The number of ether oxygens (including phenoxy) is 2. The number of carbonyl (C=O) groups is 2. The van der Waals surface area contributed by atoms with Crippen molar-refractivity contribution in [2.45, 2.75) is 18.6 Å². The monoisotopic (exact) mass is 203 g/mol. The molecule has 80 valence electrons. The maximum atomic E-state index is 11.2. The van der Waals surface area contributed by atoms with E-state index >= 15 is 0 Å². The van der Waals surface area contributed by atoms with Gasteiger partial charge in [0.2, 0.25) is 0 Å². The lowest BCUT2D eigenvalue weighted by Gasteiger charge is -2.18. The number of hydrogen-bond donors (Lipinski definition) is 1. The highest BCUT2D eigenvalue weighted by atomic mass is 16.5. The van der Waals surface area contributed by atoms with Crippen LogP contribution >= 0.6 is 0 Å². The summed E-state index contributed by atoms with van der Waals surface area (Å²) in [5, 5.41) is 8.80. The van der Waals surface area contributed by atoms with Crippen LogP contribution in [0.5, 0.6) is 0 Å². The van der Waals surface area contributed by atoms with Crippen molar-refractivity contribution in [2.24, 2.45) is 0 Å². The van der Waals surface area contributed by atoms with Crippen molar-refractivity contribution in [2.75, 3.05) is 20.8 Å². The van der Waals surface area contributed by atoms with E-state index in [0.29, 0.717) is 6.42 Å². The molecule has 6 heteroatoms. The SMILES string of the molecule is COC(=O)C1CC(OC)CN1C(=O)O. The Balaban J connectivity index is 2.71. The molecule has 6 nitrogen and oxygen atoms in total. The number of methoxy groups -OCH3 is 2. The molecule has 14 heavy (non-hydrogen) atoms. The van der Waals surface area contributed by atoms with E-state index in [4.69, 9.17) is 9.84 Å². The molecule has 0 aromatic carbocycles. The average Bonchev–Trinajstić information content (AvgIpc) is 2.60. The summed E-state index contributed by atoms with van der Waals surface area (Å²) in [6.45, 7) is 0.214. The second-order valence-corrected chi connectivity index (χ2v) is 3.07. The van der Waals surface area contributed by atoms with E-state index in [9.17, 15) is 9.59 Å². The summed E-state index contributed by atoms with van der Waals surface area (Å²) in [7, 11) is 2.73. The highest BCUT2D eigenvalue weighted by Crippen LogP contribution is 2.20. The molecule has 2 unspecified atom stereocenters. The second-order valence-electron chi connectivity index (χ2n) is 3.07. The van der Waals surface area contributed by atoms with Gasteiger partial charge in [-0.2, -0.15) is 0 Å². The lowest BCUT2D eigenvalue weighted by molar-refractivity contribution is -0.145. The van der Waals surface area contributed by atoms with E-state index in [1.165, 1.54) is 14.2 Å². The second kappa shape index (κ2) is 4.28. The first-order valence-electron chi connectivity index (χ1n) is 4.20. The number of carboxylic acid groups (broad SMARTS) is 1. The van der Waals surface area contributed by atoms with Crippen molar-refractivity contribution < 1.29 is 24.2 Å². The molecule has 0 spiro atoms. The van der Waals surface area contributed by atoms with Gasteiger partial charge in [0, 0.05) is 13.5 Å². The lowest BCUT2D eigenvalue weighted by Crippen LogP contribution is -2.40. The third kappa shape index (κ3) is 1.95. The zero-order valence-corrected chi connectivity index (χ0v) is 8.10. The van der Waals surface area contributed by atoms with Crippen molar-refractivity contribution in [1.82, 2.24) is 4.90 Å². The molecule has 1 aliphatic heterocycles. The first kappa shape index (κ1) is 10.8. The molecule has 1 heterocycles. The molecule has 1 saturated heterocycles. The molecule has 1 aliphatic rings. The number of rotatable bonds is 2. The maximum absolute atomic E-state index is 11.2. The summed E-state index contributed by atoms with van der Waals surface area (Å²) in [6, 6.07) is -0.734. The summed E-state index contributed by atoms with van der Waals surface area (Å²) in [4.78, 5) is 23.0. The van der Waals surface area contributed by atoms with E-state index < -0.39 is 18.1 Å². The Morgan fingerprint density at radius 2 is 2.07 bits per heavy atom. The average molecular weight is 203 g/mol. The smallest absolute Gasteiger partial charge is 0.408 e. The third-order valence-electron chi connectivity index (χ3n) is 2.32. The van der Waals surface area contributed by atoms with Crippen LogP contribution in [0.25, 0.3) is 0 Å². The lowest BCUT2D eigenvalue weighted by atomic mass is 10.2. The minimum absolute atomic E-state index is 0.214. The maximum Gasteiger partial charge on any atom is 0.408 e. The number of amides is 1. The van der Waals surface area contributed by atoms with Gasteiger partial charge in [0.15, 0.2) is 0 Å². The van der Waals surface area contributed by atoms with Crippen LogP contribution in [-0.4, -0.2) is 55.0 Å². The molecular weight excluding hydrogens is 190 g/mol. The normalized spacial score (nSPS) is 26.3. The Morgan fingerprint density at radius 3 is 2.50 bits per heavy atom. The van der Waals surface area contributed by atoms with Crippen LogP contribution in [0.2, 0.25) is 0 Å². The fourth-order valence-electron chi connectivity index (χ4n) is 1.54. The van der Waals surface area contributed by atoms with Gasteiger partial charge in [-0.1, -0.05) is 0 Å². The molecule has 0 radical (unpaired) electrons. The van der Waals surface area contributed by atoms with Gasteiger partial charge >= 0.3 is 12.1 Å². The third-order valence-corrected chi connectivity index (χ3v) is 2.32. The fraction of sp³-hybridized carbons (Fsp3) is 0.750. The molecule has 1 N–H and O–H groups in total. The molecule has 0 aromatic heterocycles. The zero-order chi connectivity index (χ0) is 10.7. The molecular formula is C8H13NO5. The Morgan fingerprint density at radius 1 is 1.43 bits per heavy atom. The van der Waals surface area contributed by atoms with Gasteiger partial charge in [-0.3, -0.25) is 4.90 Å². The van der Waals surface area contributed by atoms with Crippen LogP contribution < -0.4 is 0 Å². The number of likely N-dealkylation sites (tertiary alicyclic amines) is 1. The predicted molar refractivity (Wildman–Crippen MR) is 45.9 cm³/mol. The largest absolute Gasteiger partial charge is 0.467 e. The Hall–Kier alpha value is -1.30. The number of carbonyl (C=O) groups excluding carboxylic acids is 1. The van der Waals surface area contributed by atoms with E-state index in [1.54, 1.807) is 0 Å². The Kier molecular flexibility index (Phi) is 3.29. The van der Waals surface area contributed by atoms with E-state index in [1.807, 2.05) is 0 Å². The van der Waals surface area contributed by atoms with Gasteiger partial charge in [-0.25, -0.2) is 9.59 Å². The Bertz CT molecular complexity index is 242. The van der Waals surface area contributed by atoms with Crippen LogP contribution in [-0.2, 0) is 14.3 Å². The fourth-order valence-corrected chi connectivity index (χ4v) is 1.54. The molecule has 1 rings (SSSR count). The summed E-state index contributed by atoms with van der Waals surface area (Å²) >= 11 is 0. The molecule has 1 fully saturated rings. The van der Waals surface area contributed by atoms with Crippen LogP contribution in [0.4, 0.5) is 4.79 Å². The summed E-state index contributed by atoms with van der Waals surface area (Å²) in [5.74, 6) is -0.535. The summed E-state index contributed by atoms with van der Waals surface area (Å²) in [5.41, 5.74) is 0. The Labute approximate surface area is 81.4 Å². The van der Waals surface area contributed by atoms with Crippen LogP contribution in [0, 0.1) is 0 Å². The minimum atomic E-state index is -1.13. The van der Waals surface area contributed by atoms with Gasteiger partial charge in [-0.15, -0.1) is 0 Å². The van der Waals surface area contributed by atoms with Crippen molar-refractivity contribution >= 4 is 12.1 Å². The molecule has 2 atom stereocenters. The van der Waals surface area contributed by atoms with E-state index in [0.717, 1.165) is 4.90 Å². The minimum Gasteiger partial charge on any atom is -0.467 e. The zero-order valence-electron chi connectivity index (χ0n) is 8.10. The topological polar surface area (TPSA) is 76.1 Å². The highest BCUT2D eigenvalue weighted by molar-refractivity contribution is 5.81. The van der Waals surface area contributed by atoms with Crippen LogP contribution in [0.3, 0.4) is 0 Å². The van der Waals surface area contributed by atoms with Crippen LogP contribution in [0.1, 0.15) is 6.42 Å². The van der Waals surface area contributed by atoms with Gasteiger partial charge in [0.25, 0.3) is 0 Å². The number of hydrogen-bond acceptors (Lipinski definition) is 4. The number of nitrogens with zero attached hydrogens (tertiary/aromatic N) is 1. The predicted octanol–water partition coefficient (Wildman–Crippen LogP) is -0.0733. The first-order valence-corrected chi connectivity index (χ1v) is 4.20. The quantitative estimate of drug-likeness (QED) is 0.635. The summed E-state index contributed by atoms with van der Waals surface area (Å²) in [6.07, 6.45) is -0.995. The van der Waals surface area contributed by atoms with Crippen molar-refractivity contribution in [3.05, 3.63) is 0 Å². The van der Waals surface area contributed by atoms with Crippen molar-refractivity contribution in [3.8, 4) is 0 Å².